The maximum atomic E-state index is 11.6. The molecule has 78 valence electrons. The molecule has 0 atom stereocenters. The van der Waals surface area contributed by atoms with E-state index in [2.05, 4.69) is 0 Å². The number of ether oxygens (including phenoxy) is 1. The first kappa shape index (κ1) is 9.94. The predicted octanol–water partition coefficient (Wildman–Crippen LogP) is 1.10. The second kappa shape index (κ2) is 4.28. The van der Waals surface area contributed by atoms with Crippen LogP contribution in [0.2, 0.25) is 0 Å². The van der Waals surface area contributed by atoms with E-state index < -0.39 is 0 Å². The number of rotatable bonds is 4. The molecule has 4 nitrogen and oxygen atoms in total. The van der Waals surface area contributed by atoms with Crippen LogP contribution in [-0.4, -0.2) is 11.2 Å². The molecule has 0 amide bonds. The molecule has 1 aliphatic carbocycles. The van der Waals surface area contributed by atoms with Crippen LogP contribution >= 0.6 is 0 Å². The molecule has 1 aromatic heterocycles. The fraction of sp³-hybridized carbons (Fsp3) is 0.455. The van der Waals surface area contributed by atoms with Gasteiger partial charge in [-0.15, -0.1) is 0 Å². The molecule has 0 spiro atoms. The van der Waals surface area contributed by atoms with E-state index in [0.717, 1.165) is 0 Å². The van der Waals surface area contributed by atoms with Gasteiger partial charge in [-0.05, 0) is 30.9 Å². The monoisotopic (exact) mass is 204 g/mol. The summed E-state index contributed by atoms with van der Waals surface area (Å²) in [7, 11) is 0. The van der Waals surface area contributed by atoms with Gasteiger partial charge in [-0.2, -0.15) is 5.26 Å². The van der Waals surface area contributed by atoms with E-state index in [1.54, 1.807) is 12.3 Å². The van der Waals surface area contributed by atoms with E-state index >= 15 is 0 Å². The van der Waals surface area contributed by atoms with Gasteiger partial charge in [-0.25, -0.2) is 0 Å². The van der Waals surface area contributed by atoms with Crippen molar-refractivity contribution in [3.05, 3.63) is 34.2 Å². The summed E-state index contributed by atoms with van der Waals surface area (Å²) in [6.45, 7) is 0.952. The Morgan fingerprint density at radius 2 is 2.40 bits per heavy atom. The highest BCUT2D eigenvalue weighted by Gasteiger charge is 2.21. The zero-order valence-electron chi connectivity index (χ0n) is 8.35. The third kappa shape index (κ3) is 2.45. The van der Waals surface area contributed by atoms with Gasteiger partial charge in [-0.3, -0.25) is 9.36 Å². The lowest BCUT2D eigenvalue weighted by Gasteiger charge is -2.06. The van der Waals surface area contributed by atoms with Crippen LogP contribution in [0.25, 0.3) is 0 Å². The minimum Gasteiger partial charge on any atom is -0.360 e. The summed E-state index contributed by atoms with van der Waals surface area (Å²) in [4.78, 5) is 11.6. The molecule has 1 aliphatic rings. The number of nitriles is 1. The van der Waals surface area contributed by atoms with Gasteiger partial charge in [0.15, 0.2) is 0 Å². The van der Waals surface area contributed by atoms with E-state index in [4.69, 9.17) is 10.00 Å². The van der Waals surface area contributed by atoms with Gasteiger partial charge >= 0.3 is 0 Å². The van der Waals surface area contributed by atoms with Crippen molar-refractivity contribution in [3.8, 4) is 6.07 Å². The normalized spacial score (nSPS) is 14.9. The summed E-state index contributed by atoms with van der Waals surface area (Å²) in [5.41, 5.74) is -0.122. The standard InChI is InChI=1S/C11H12N2O2/c12-6-10-2-1-5-13(11(10)14)8-15-7-9-3-4-9/h1-2,5,9H,3-4,7-8H2. The molecule has 0 aliphatic heterocycles. The number of hydrogen-bond donors (Lipinski definition) is 0. The Balaban J connectivity index is 2.00. The zero-order chi connectivity index (χ0) is 10.7. The molecule has 0 unspecified atom stereocenters. The largest absolute Gasteiger partial charge is 0.360 e. The molecule has 1 heterocycles. The number of nitrogens with zero attached hydrogens (tertiary/aromatic N) is 2. The lowest BCUT2D eigenvalue weighted by molar-refractivity contribution is 0.0667. The molecule has 1 fully saturated rings. The minimum absolute atomic E-state index is 0.160. The highest BCUT2D eigenvalue weighted by atomic mass is 16.5. The molecule has 0 bridgehead atoms. The Kier molecular flexibility index (Phi) is 2.84. The first-order chi connectivity index (χ1) is 7.31. The van der Waals surface area contributed by atoms with Crippen molar-refractivity contribution in [3.63, 3.8) is 0 Å². The average molecular weight is 204 g/mol. The van der Waals surface area contributed by atoms with Crippen LogP contribution in [0.15, 0.2) is 23.1 Å². The molecule has 1 saturated carbocycles. The molecule has 0 N–H and O–H groups in total. The van der Waals surface area contributed by atoms with Crippen molar-refractivity contribution in [1.29, 1.82) is 5.26 Å². The molecule has 15 heavy (non-hydrogen) atoms. The first-order valence-electron chi connectivity index (χ1n) is 4.98. The molecular formula is C11H12N2O2. The summed E-state index contributed by atoms with van der Waals surface area (Å²) in [5, 5.41) is 8.66. The van der Waals surface area contributed by atoms with Crippen LogP contribution in [0.1, 0.15) is 18.4 Å². The average Bonchev–Trinajstić information content (AvgIpc) is 3.04. The smallest absolute Gasteiger partial charge is 0.270 e. The molecule has 0 radical (unpaired) electrons. The zero-order valence-corrected chi connectivity index (χ0v) is 8.35. The topological polar surface area (TPSA) is 55.0 Å². The van der Waals surface area contributed by atoms with Crippen LogP contribution in [0, 0.1) is 17.2 Å². The third-order valence-electron chi connectivity index (χ3n) is 2.42. The van der Waals surface area contributed by atoms with Crippen molar-refractivity contribution in [2.24, 2.45) is 5.92 Å². The van der Waals surface area contributed by atoms with E-state index in [0.29, 0.717) is 12.5 Å². The Morgan fingerprint density at radius 3 is 3.07 bits per heavy atom. The van der Waals surface area contributed by atoms with Gasteiger partial charge in [0.25, 0.3) is 5.56 Å². The quantitative estimate of drug-likeness (QED) is 0.738. The van der Waals surface area contributed by atoms with Crippen molar-refractivity contribution in [2.75, 3.05) is 6.61 Å². The molecular weight excluding hydrogens is 192 g/mol. The van der Waals surface area contributed by atoms with Crippen LogP contribution in [-0.2, 0) is 11.5 Å². The number of aromatic nitrogens is 1. The first-order valence-corrected chi connectivity index (χ1v) is 4.98. The van der Waals surface area contributed by atoms with Gasteiger partial charge in [0.1, 0.15) is 18.4 Å². The van der Waals surface area contributed by atoms with Crippen molar-refractivity contribution in [1.82, 2.24) is 4.57 Å². The highest BCUT2D eigenvalue weighted by Crippen LogP contribution is 2.28. The molecule has 2 rings (SSSR count). The number of pyridine rings is 1. The van der Waals surface area contributed by atoms with Crippen LogP contribution in [0.5, 0.6) is 0 Å². The Hall–Kier alpha value is -1.60. The lowest BCUT2D eigenvalue weighted by atomic mass is 10.3. The van der Waals surface area contributed by atoms with Gasteiger partial charge in [0, 0.05) is 6.20 Å². The van der Waals surface area contributed by atoms with Gasteiger partial charge < -0.3 is 4.74 Å². The number of hydrogen-bond acceptors (Lipinski definition) is 3. The fourth-order valence-electron chi connectivity index (χ4n) is 1.33. The van der Waals surface area contributed by atoms with Gasteiger partial charge in [0.2, 0.25) is 0 Å². The Morgan fingerprint density at radius 1 is 1.60 bits per heavy atom. The summed E-state index contributed by atoms with van der Waals surface area (Å²) in [6.07, 6.45) is 4.09. The van der Waals surface area contributed by atoms with Crippen molar-refractivity contribution < 1.29 is 4.74 Å². The maximum Gasteiger partial charge on any atom is 0.270 e. The second-order valence-electron chi connectivity index (χ2n) is 3.75. The van der Waals surface area contributed by atoms with E-state index in [9.17, 15) is 4.79 Å². The summed E-state index contributed by atoms with van der Waals surface area (Å²) in [6, 6.07) is 5.05. The molecule has 1 aromatic rings. The molecule has 4 heteroatoms. The van der Waals surface area contributed by atoms with Crippen LogP contribution in [0.3, 0.4) is 0 Å². The van der Waals surface area contributed by atoms with Crippen molar-refractivity contribution in [2.45, 2.75) is 19.6 Å². The predicted molar refractivity (Wildman–Crippen MR) is 54.1 cm³/mol. The summed E-state index contributed by atoms with van der Waals surface area (Å²) < 4.78 is 6.80. The van der Waals surface area contributed by atoms with E-state index in [-0.39, 0.29) is 17.9 Å². The van der Waals surface area contributed by atoms with E-state index in [1.165, 1.54) is 23.5 Å². The SMILES string of the molecule is N#Cc1cccn(COCC2CC2)c1=O. The Labute approximate surface area is 87.7 Å². The maximum absolute atomic E-state index is 11.6. The van der Waals surface area contributed by atoms with Crippen LogP contribution in [0.4, 0.5) is 0 Å². The molecule has 0 aromatic carbocycles. The minimum atomic E-state index is -0.282. The van der Waals surface area contributed by atoms with Crippen LogP contribution < -0.4 is 5.56 Å². The lowest BCUT2D eigenvalue weighted by Crippen LogP contribution is -2.23. The second-order valence-corrected chi connectivity index (χ2v) is 3.75. The van der Waals surface area contributed by atoms with E-state index in [1.807, 2.05) is 6.07 Å². The van der Waals surface area contributed by atoms with Gasteiger partial charge in [-0.1, -0.05) is 0 Å². The fourth-order valence-corrected chi connectivity index (χ4v) is 1.33. The Bertz CT molecular complexity index is 441. The van der Waals surface area contributed by atoms with Crippen molar-refractivity contribution >= 4 is 0 Å². The molecule has 0 saturated heterocycles. The third-order valence-corrected chi connectivity index (χ3v) is 2.42. The summed E-state index contributed by atoms with van der Waals surface area (Å²) in [5.74, 6) is 0.680. The highest BCUT2D eigenvalue weighted by molar-refractivity contribution is 5.24. The van der Waals surface area contributed by atoms with Gasteiger partial charge in [0.05, 0.1) is 6.61 Å². The summed E-state index contributed by atoms with van der Waals surface area (Å²) >= 11 is 0.